The van der Waals surface area contributed by atoms with Gasteiger partial charge in [0.2, 0.25) is 0 Å². The summed E-state index contributed by atoms with van der Waals surface area (Å²) in [5.74, 6) is 0.667. The number of carbonyl (C=O) groups excluding carboxylic acids is 1. The monoisotopic (exact) mass is 463 g/mol. The smallest absolute Gasteiger partial charge is 0.273 e. The van der Waals surface area contributed by atoms with Crippen molar-refractivity contribution in [2.24, 2.45) is 0 Å². The van der Waals surface area contributed by atoms with Gasteiger partial charge in [-0.25, -0.2) is 0 Å². The van der Waals surface area contributed by atoms with E-state index in [0.29, 0.717) is 22.3 Å². The van der Waals surface area contributed by atoms with Gasteiger partial charge in [0.05, 0.1) is 18.8 Å². The average molecular weight is 464 g/mol. The first kappa shape index (κ1) is 20.6. The Hall–Kier alpha value is -3.28. The quantitative estimate of drug-likeness (QED) is 0.386. The van der Waals surface area contributed by atoms with Crippen molar-refractivity contribution in [2.75, 3.05) is 7.11 Å². The molecule has 1 amide bonds. The number of carbonyl (C=O) groups is 1. The van der Waals surface area contributed by atoms with Crippen LogP contribution < -0.4 is 4.74 Å². The zero-order chi connectivity index (χ0) is 22.2. The Morgan fingerprint density at radius 3 is 2.44 bits per heavy atom. The second kappa shape index (κ2) is 8.34. The first-order chi connectivity index (χ1) is 15.5. The van der Waals surface area contributed by atoms with Gasteiger partial charge in [0.25, 0.3) is 5.91 Å². The minimum absolute atomic E-state index is 0.103. The van der Waals surface area contributed by atoms with Gasteiger partial charge in [0.15, 0.2) is 0 Å². The molecular formula is C25H19Cl2N3O2. The molecule has 1 aliphatic rings. The SMILES string of the molecule is COc1ccc(CN2C(=O)c3[nH]nc(-c4ccc(Cl)cc4)c3C2c2cccc(Cl)c2)cc1. The van der Waals surface area contributed by atoms with Crippen LogP contribution in [0.15, 0.2) is 72.8 Å². The standard InChI is InChI=1S/C25H19Cl2N3O2/c1-32-20-11-5-15(6-12-20)14-30-24(17-3-2-4-19(27)13-17)21-22(28-29-23(21)25(30)31)16-7-9-18(26)10-8-16/h2-13,24H,14H2,1H3,(H,28,29). The molecule has 1 N–H and O–H groups in total. The molecule has 1 aromatic heterocycles. The molecule has 0 aliphatic carbocycles. The lowest BCUT2D eigenvalue weighted by Crippen LogP contribution is -2.29. The van der Waals surface area contributed by atoms with E-state index in [9.17, 15) is 4.79 Å². The Kier molecular flexibility index (Phi) is 5.37. The second-order valence-electron chi connectivity index (χ2n) is 7.61. The third-order valence-corrected chi connectivity index (χ3v) is 6.14. The number of hydrogen-bond acceptors (Lipinski definition) is 3. The van der Waals surface area contributed by atoms with Gasteiger partial charge in [0.1, 0.15) is 11.4 Å². The lowest BCUT2D eigenvalue weighted by atomic mass is 9.96. The summed E-state index contributed by atoms with van der Waals surface area (Å²) < 4.78 is 5.26. The largest absolute Gasteiger partial charge is 0.497 e. The van der Waals surface area contributed by atoms with Crippen LogP contribution in [0.1, 0.15) is 33.2 Å². The van der Waals surface area contributed by atoms with Crippen LogP contribution in [0.4, 0.5) is 0 Å². The summed E-state index contributed by atoms with van der Waals surface area (Å²) >= 11 is 12.4. The molecule has 1 unspecified atom stereocenters. The number of amides is 1. The predicted octanol–water partition coefficient (Wildman–Crippen LogP) is 6.14. The summed E-state index contributed by atoms with van der Waals surface area (Å²) in [5, 5.41) is 8.71. The lowest BCUT2D eigenvalue weighted by Gasteiger charge is -2.26. The Balaban J connectivity index is 1.61. The molecular weight excluding hydrogens is 445 g/mol. The van der Waals surface area contributed by atoms with Crippen molar-refractivity contribution in [3.05, 3.63) is 105 Å². The van der Waals surface area contributed by atoms with Crippen molar-refractivity contribution in [3.63, 3.8) is 0 Å². The number of hydrogen-bond donors (Lipinski definition) is 1. The molecule has 0 spiro atoms. The van der Waals surface area contributed by atoms with E-state index < -0.39 is 0 Å². The highest BCUT2D eigenvalue weighted by Crippen LogP contribution is 2.44. The fraction of sp³-hybridized carbons (Fsp3) is 0.120. The first-order valence-corrected chi connectivity index (χ1v) is 10.8. The van der Waals surface area contributed by atoms with Crippen LogP contribution in [0, 0.1) is 0 Å². The van der Waals surface area contributed by atoms with Crippen LogP contribution in [0.25, 0.3) is 11.3 Å². The molecule has 0 radical (unpaired) electrons. The Morgan fingerprint density at radius 1 is 1.00 bits per heavy atom. The number of nitrogens with one attached hydrogen (secondary N) is 1. The minimum atomic E-state index is -0.331. The Morgan fingerprint density at radius 2 is 1.75 bits per heavy atom. The van der Waals surface area contributed by atoms with Gasteiger partial charge >= 0.3 is 0 Å². The lowest BCUT2D eigenvalue weighted by molar-refractivity contribution is 0.0730. The molecule has 7 heteroatoms. The molecule has 0 saturated carbocycles. The summed E-state index contributed by atoms with van der Waals surface area (Å²) in [6.07, 6.45) is 0. The zero-order valence-electron chi connectivity index (χ0n) is 17.2. The predicted molar refractivity (Wildman–Crippen MR) is 125 cm³/mol. The maximum absolute atomic E-state index is 13.5. The number of halogens is 2. The molecule has 1 aliphatic heterocycles. The van der Waals surface area contributed by atoms with Crippen LogP contribution in [0.5, 0.6) is 5.75 Å². The van der Waals surface area contributed by atoms with Gasteiger partial charge in [0, 0.05) is 27.7 Å². The normalized spacial score (nSPS) is 15.2. The summed E-state index contributed by atoms with van der Waals surface area (Å²) in [6.45, 7) is 0.433. The zero-order valence-corrected chi connectivity index (χ0v) is 18.7. The van der Waals surface area contributed by atoms with E-state index in [1.54, 1.807) is 7.11 Å². The Bertz CT molecular complexity index is 1280. The molecule has 32 heavy (non-hydrogen) atoms. The van der Waals surface area contributed by atoms with E-state index in [1.165, 1.54) is 0 Å². The number of H-pyrrole nitrogens is 1. The summed E-state index contributed by atoms with van der Waals surface area (Å²) in [6, 6.07) is 22.4. The third-order valence-electron chi connectivity index (χ3n) is 5.66. The highest BCUT2D eigenvalue weighted by atomic mass is 35.5. The molecule has 1 atom stereocenters. The van der Waals surface area contributed by atoms with Gasteiger partial charge in [-0.1, -0.05) is 59.6 Å². The van der Waals surface area contributed by atoms with Crippen LogP contribution in [-0.2, 0) is 6.54 Å². The van der Waals surface area contributed by atoms with Crippen molar-refractivity contribution in [1.82, 2.24) is 15.1 Å². The minimum Gasteiger partial charge on any atom is -0.497 e. The van der Waals surface area contributed by atoms with Crippen LogP contribution in [0.2, 0.25) is 10.0 Å². The van der Waals surface area contributed by atoms with Crippen LogP contribution in [0.3, 0.4) is 0 Å². The van der Waals surface area contributed by atoms with Gasteiger partial charge < -0.3 is 9.64 Å². The molecule has 160 valence electrons. The number of methoxy groups -OCH3 is 1. The molecule has 0 saturated heterocycles. The van der Waals surface area contributed by atoms with E-state index in [2.05, 4.69) is 10.2 Å². The number of aromatic nitrogens is 2. The van der Waals surface area contributed by atoms with Crippen molar-refractivity contribution in [3.8, 4) is 17.0 Å². The second-order valence-corrected chi connectivity index (χ2v) is 8.48. The van der Waals surface area contributed by atoms with Crippen LogP contribution in [-0.4, -0.2) is 28.1 Å². The van der Waals surface area contributed by atoms with Gasteiger partial charge in [-0.15, -0.1) is 0 Å². The fourth-order valence-corrected chi connectivity index (χ4v) is 4.46. The maximum Gasteiger partial charge on any atom is 0.273 e. The molecule has 5 nitrogen and oxygen atoms in total. The van der Waals surface area contributed by atoms with Crippen molar-refractivity contribution in [1.29, 1.82) is 0 Å². The van der Waals surface area contributed by atoms with Crippen LogP contribution >= 0.6 is 23.2 Å². The number of benzene rings is 3. The summed E-state index contributed by atoms with van der Waals surface area (Å²) in [5.41, 5.74) is 4.87. The maximum atomic E-state index is 13.5. The number of nitrogens with zero attached hydrogens (tertiary/aromatic N) is 2. The third kappa shape index (κ3) is 3.64. The molecule has 0 fully saturated rings. The van der Waals surface area contributed by atoms with Crippen molar-refractivity contribution in [2.45, 2.75) is 12.6 Å². The number of rotatable bonds is 5. The van der Waals surface area contributed by atoms with Crippen molar-refractivity contribution >= 4 is 29.1 Å². The number of ether oxygens (including phenoxy) is 1. The molecule has 0 bridgehead atoms. The van der Waals surface area contributed by atoms with E-state index in [-0.39, 0.29) is 11.9 Å². The highest BCUT2D eigenvalue weighted by molar-refractivity contribution is 6.31. The Labute approximate surface area is 195 Å². The van der Waals surface area contributed by atoms with E-state index in [0.717, 1.165) is 33.7 Å². The van der Waals surface area contributed by atoms with Gasteiger partial charge in [-0.05, 0) is 47.5 Å². The molecule has 2 heterocycles. The molecule has 4 aromatic rings. The van der Waals surface area contributed by atoms with Gasteiger partial charge in [-0.2, -0.15) is 5.10 Å². The molecule has 5 rings (SSSR count). The van der Waals surface area contributed by atoms with E-state index in [1.807, 2.05) is 77.7 Å². The fourth-order valence-electron chi connectivity index (χ4n) is 4.14. The number of aromatic amines is 1. The topological polar surface area (TPSA) is 58.2 Å². The van der Waals surface area contributed by atoms with E-state index >= 15 is 0 Å². The first-order valence-electron chi connectivity index (χ1n) is 10.1. The molecule has 3 aromatic carbocycles. The van der Waals surface area contributed by atoms with Crippen molar-refractivity contribution < 1.29 is 9.53 Å². The summed E-state index contributed by atoms with van der Waals surface area (Å²) in [4.78, 5) is 15.3. The van der Waals surface area contributed by atoms with Gasteiger partial charge in [-0.3, -0.25) is 9.89 Å². The average Bonchev–Trinajstić information content (AvgIpc) is 3.34. The van der Waals surface area contributed by atoms with E-state index in [4.69, 9.17) is 27.9 Å². The highest BCUT2D eigenvalue weighted by Gasteiger charge is 2.42. The number of fused-ring (bicyclic) bond motifs is 1. The summed E-state index contributed by atoms with van der Waals surface area (Å²) in [7, 11) is 1.63.